The standard InChI is InChI=1S/C13H16N2O/c1-15-9-11(7-12(15)8-14)10-3-5-13(16-2)6-4-10/h3-7,9H,8,14H2,1-2H3. The van der Waals surface area contributed by atoms with Gasteiger partial charge in [0.1, 0.15) is 5.75 Å². The van der Waals surface area contributed by atoms with E-state index in [1.54, 1.807) is 7.11 Å². The molecule has 1 heterocycles. The van der Waals surface area contributed by atoms with Gasteiger partial charge in [0.15, 0.2) is 0 Å². The summed E-state index contributed by atoms with van der Waals surface area (Å²) >= 11 is 0. The molecule has 2 rings (SSSR count). The Labute approximate surface area is 95.5 Å². The molecular weight excluding hydrogens is 200 g/mol. The number of nitrogens with zero attached hydrogens (tertiary/aromatic N) is 1. The van der Waals surface area contributed by atoms with Crippen molar-refractivity contribution < 1.29 is 4.74 Å². The van der Waals surface area contributed by atoms with E-state index in [4.69, 9.17) is 10.5 Å². The van der Waals surface area contributed by atoms with Crippen LogP contribution in [0.5, 0.6) is 5.75 Å². The van der Waals surface area contributed by atoms with Crippen LogP contribution in [0.25, 0.3) is 11.1 Å². The highest BCUT2D eigenvalue weighted by atomic mass is 16.5. The Kier molecular flexibility index (Phi) is 2.97. The quantitative estimate of drug-likeness (QED) is 0.854. The van der Waals surface area contributed by atoms with Gasteiger partial charge in [0.05, 0.1) is 7.11 Å². The number of hydrogen-bond acceptors (Lipinski definition) is 2. The van der Waals surface area contributed by atoms with Crippen LogP contribution in [0.15, 0.2) is 36.5 Å². The van der Waals surface area contributed by atoms with Crippen molar-refractivity contribution >= 4 is 0 Å². The third kappa shape index (κ3) is 1.95. The van der Waals surface area contributed by atoms with Gasteiger partial charge >= 0.3 is 0 Å². The monoisotopic (exact) mass is 216 g/mol. The number of ether oxygens (including phenoxy) is 1. The number of benzene rings is 1. The second kappa shape index (κ2) is 4.41. The van der Waals surface area contributed by atoms with Crippen molar-refractivity contribution in [3.05, 3.63) is 42.2 Å². The predicted molar refractivity (Wildman–Crippen MR) is 65.3 cm³/mol. The van der Waals surface area contributed by atoms with Crippen molar-refractivity contribution in [3.8, 4) is 16.9 Å². The van der Waals surface area contributed by atoms with Gasteiger partial charge in [-0.2, -0.15) is 0 Å². The Morgan fingerprint density at radius 3 is 2.38 bits per heavy atom. The predicted octanol–water partition coefficient (Wildman–Crippen LogP) is 2.16. The third-order valence-corrected chi connectivity index (χ3v) is 2.74. The Morgan fingerprint density at radius 1 is 1.19 bits per heavy atom. The fourth-order valence-electron chi connectivity index (χ4n) is 1.75. The molecule has 0 unspecified atom stereocenters. The van der Waals surface area contributed by atoms with Crippen LogP contribution >= 0.6 is 0 Å². The average Bonchev–Trinajstić information content (AvgIpc) is 2.71. The van der Waals surface area contributed by atoms with Gasteiger partial charge < -0.3 is 15.0 Å². The van der Waals surface area contributed by atoms with Crippen molar-refractivity contribution in [2.24, 2.45) is 12.8 Å². The Bertz CT molecular complexity index is 471. The van der Waals surface area contributed by atoms with Gasteiger partial charge in [0, 0.05) is 25.5 Å². The summed E-state index contributed by atoms with van der Waals surface area (Å²) in [7, 11) is 3.68. The first-order chi connectivity index (χ1) is 7.74. The van der Waals surface area contributed by atoms with E-state index < -0.39 is 0 Å². The summed E-state index contributed by atoms with van der Waals surface area (Å²) < 4.78 is 7.19. The van der Waals surface area contributed by atoms with E-state index in [9.17, 15) is 0 Å². The lowest BCUT2D eigenvalue weighted by Crippen LogP contribution is -2.01. The summed E-state index contributed by atoms with van der Waals surface area (Å²) in [6.45, 7) is 0.562. The van der Waals surface area contributed by atoms with Crippen molar-refractivity contribution in [1.29, 1.82) is 0 Å². The SMILES string of the molecule is COc1ccc(-c2cc(CN)n(C)c2)cc1. The summed E-state index contributed by atoms with van der Waals surface area (Å²) in [6, 6.07) is 10.1. The molecule has 84 valence electrons. The maximum atomic E-state index is 5.65. The maximum absolute atomic E-state index is 5.65. The van der Waals surface area contributed by atoms with E-state index in [0.717, 1.165) is 11.4 Å². The first kappa shape index (κ1) is 10.8. The van der Waals surface area contributed by atoms with Crippen LogP contribution < -0.4 is 10.5 Å². The highest BCUT2D eigenvalue weighted by Gasteiger charge is 2.03. The molecule has 1 aromatic heterocycles. The molecule has 2 N–H and O–H groups in total. The lowest BCUT2D eigenvalue weighted by molar-refractivity contribution is 0.415. The molecular formula is C13H16N2O. The van der Waals surface area contributed by atoms with Crippen LogP contribution in [-0.2, 0) is 13.6 Å². The number of aromatic nitrogens is 1. The van der Waals surface area contributed by atoms with Gasteiger partial charge in [0.25, 0.3) is 0 Å². The summed E-state index contributed by atoms with van der Waals surface area (Å²) in [5, 5.41) is 0. The second-order valence-corrected chi connectivity index (χ2v) is 3.76. The zero-order chi connectivity index (χ0) is 11.5. The largest absolute Gasteiger partial charge is 0.497 e. The molecule has 0 aliphatic heterocycles. The summed E-state index contributed by atoms with van der Waals surface area (Å²) in [5.41, 5.74) is 9.14. The van der Waals surface area contributed by atoms with Gasteiger partial charge in [-0.3, -0.25) is 0 Å². The number of rotatable bonds is 3. The Hall–Kier alpha value is -1.74. The van der Waals surface area contributed by atoms with Crippen LogP contribution in [0.2, 0.25) is 0 Å². The van der Waals surface area contributed by atoms with Gasteiger partial charge in [-0.15, -0.1) is 0 Å². The summed E-state index contributed by atoms with van der Waals surface area (Å²) in [5.74, 6) is 0.874. The number of aryl methyl sites for hydroxylation is 1. The minimum Gasteiger partial charge on any atom is -0.497 e. The van der Waals surface area contributed by atoms with E-state index in [2.05, 4.69) is 29.0 Å². The molecule has 0 atom stereocenters. The second-order valence-electron chi connectivity index (χ2n) is 3.76. The van der Waals surface area contributed by atoms with Crippen molar-refractivity contribution in [2.45, 2.75) is 6.54 Å². The van der Waals surface area contributed by atoms with Crippen molar-refractivity contribution in [2.75, 3.05) is 7.11 Å². The van der Waals surface area contributed by atoms with E-state index in [1.807, 2.05) is 19.2 Å². The van der Waals surface area contributed by atoms with E-state index in [-0.39, 0.29) is 0 Å². The molecule has 0 radical (unpaired) electrons. The molecule has 0 aliphatic carbocycles. The third-order valence-electron chi connectivity index (χ3n) is 2.74. The maximum Gasteiger partial charge on any atom is 0.118 e. The zero-order valence-electron chi connectivity index (χ0n) is 9.60. The molecule has 0 saturated carbocycles. The van der Waals surface area contributed by atoms with Crippen LogP contribution in [0.3, 0.4) is 0 Å². The molecule has 0 spiro atoms. The Morgan fingerprint density at radius 2 is 1.88 bits per heavy atom. The van der Waals surface area contributed by atoms with Crippen molar-refractivity contribution in [3.63, 3.8) is 0 Å². The van der Waals surface area contributed by atoms with Crippen LogP contribution in [0.1, 0.15) is 5.69 Å². The van der Waals surface area contributed by atoms with Gasteiger partial charge in [0.2, 0.25) is 0 Å². The molecule has 3 heteroatoms. The van der Waals surface area contributed by atoms with E-state index >= 15 is 0 Å². The molecule has 0 fully saturated rings. The summed E-state index contributed by atoms with van der Waals surface area (Å²) in [4.78, 5) is 0. The number of methoxy groups -OCH3 is 1. The topological polar surface area (TPSA) is 40.2 Å². The number of hydrogen-bond donors (Lipinski definition) is 1. The minimum atomic E-state index is 0.562. The van der Waals surface area contributed by atoms with Gasteiger partial charge in [-0.1, -0.05) is 12.1 Å². The average molecular weight is 216 g/mol. The number of nitrogens with two attached hydrogens (primary N) is 1. The first-order valence-electron chi connectivity index (χ1n) is 5.24. The molecule has 16 heavy (non-hydrogen) atoms. The summed E-state index contributed by atoms with van der Waals surface area (Å²) in [6.07, 6.45) is 2.09. The molecule has 3 nitrogen and oxygen atoms in total. The minimum absolute atomic E-state index is 0.562. The van der Waals surface area contributed by atoms with Crippen LogP contribution in [-0.4, -0.2) is 11.7 Å². The van der Waals surface area contributed by atoms with E-state index in [0.29, 0.717) is 6.54 Å². The van der Waals surface area contributed by atoms with Gasteiger partial charge in [-0.05, 0) is 29.3 Å². The molecule has 0 saturated heterocycles. The lowest BCUT2D eigenvalue weighted by atomic mass is 10.1. The lowest BCUT2D eigenvalue weighted by Gasteiger charge is -2.00. The molecule has 2 aromatic rings. The zero-order valence-corrected chi connectivity index (χ0v) is 9.60. The highest BCUT2D eigenvalue weighted by molar-refractivity contribution is 5.64. The normalized spacial score (nSPS) is 10.4. The fraction of sp³-hybridized carbons (Fsp3) is 0.231. The molecule has 1 aromatic carbocycles. The molecule has 0 amide bonds. The van der Waals surface area contributed by atoms with E-state index in [1.165, 1.54) is 11.1 Å². The molecule has 0 bridgehead atoms. The highest BCUT2D eigenvalue weighted by Crippen LogP contribution is 2.23. The Balaban J connectivity index is 2.34. The smallest absolute Gasteiger partial charge is 0.118 e. The first-order valence-corrected chi connectivity index (χ1v) is 5.24. The fourth-order valence-corrected chi connectivity index (χ4v) is 1.75. The van der Waals surface area contributed by atoms with Crippen molar-refractivity contribution in [1.82, 2.24) is 4.57 Å². The molecule has 0 aliphatic rings. The van der Waals surface area contributed by atoms with Crippen LogP contribution in [0, 0.1) is 0 Å². The van der Waals surface area contributed by atoms with Crippen LogP contribution in [0.4, 0.5) is 0 Å². The van der Waals surface area contributed by atoms with Gasteiger partial charge in [-0.25, -0.2) is 0 Å².